The van der Waals surface area contributed by atoms with Crippen molar-refractivity contribution in [2.45, 2.75) is 6.10 Å². The molecule has 2 aromatic rings. The fourth-order valence-electron chi connectivity index (χ4n) is 1.57. The second-order valence-electron chi connectivity index (χ2n) is 3.56. The average Bonchev–Trinajstić information content (AvgIpc) is 2.68. The van der Waals surface area contributed by atoms with Gasteiger partial charge in [0.1, 0.15) is 17.5 Å². The number of aryl methyl sites for hydroxylation is 1. The van der Waals surface area contributed by atoms with Crippen LogP contribution in [0.1, 0.15) is 17.4 Å². The number of aromatic nitrogens is 3. The van der Waals surface area contributed by atoms with Gasteiger partial charge in [-0.15, -0.1) is 5.10 Å². The van der Waals surface area contributed by atoms with Crippen molar-refractivity contribution in [3.8, 4) is 5.75 Å². The van der Waals surface area contributed by atoms with E-state index in [1.165, 1.54) is 0 Å². The zero-order valence-electron chi connectivity index (χ0n) is 9.46. The van der Waals surface area contributed by atoms with E-state index in [1.54, 1.807) is 31.0 Å². The van der Waals surface area contributed by atoms with Crippen molar-refractivity contribution in [3.63, 3.8) is 0 Å². The molecular formula is C11H12BrN3O2. The van der Waals surface area contributed by atoms with Crippen molar-refractivity contribution in [3.05, 3.63) is 40.1 Å². The third-order valence-electron chi connectivity index (χ3n) is 2.52. The van der Waals surface area contributed by atoms with Crippen LogP contribution in [0.5, 0.6) is 5.75 Å². The maximum absolute atomic E-state index is 10.2. The molecule has 0 spiro atoms. The summed E-state index contributed by atoms with van der Waals surface area (Å²) in [6, 6.07) is 7.22. The minimum Gasteiger partial charge on any atom is -0.497 e. The van der Waals surface area contributed by atoms with Crippen molar-refractivity contribution in [1.82, 2.24) is 15.0 Å². The molecule has 0 amide bonds. The molecule has 0 saturated heterocycles. The van der Waals surface area contributed by atoms with Gasteiger partial charge in [0.05, 0.1) is 7.11 Å². The molecule has 2 rings (SSSR count). The summed E-state index contributed by atoms with van der Waals surface area (Å²) in [5.74, 6) is 0.753. The first-order valence-electron chi connectivity index (χ1n) is 5.00. The van der Waals surface area contributed by atoms with E-state index in [1.807, 2.05) is 12.1 Å². The lowest BCUT2D eigenvalue weighted by atomic mass is 10.1. The zero-order chi connectivity index (χ0) is 12.4. The SMILES string of the molecule is COc1ccc(C(O)c2c(Br)nnn2C)cc1. The lowest BCUT2D eigenvalue weighted by molar-refractivity contribution is 0.209. The van der Waals surface area contributed by atoms with Crippen molar-refractivity contribution < 1.29 is 9.84 Å². The molecule has 0 aliphatic carbocycles. The Bertz CT molecular complexity index is 490. The van der Waals surface area contributed by atoms with Gasteiger partial charge in [-0.1, -0.05) is 17.3 Å². The summed E-state index contributed by atoms with van der Waals surface area (Å²) in [5.41, 5.74) is 1.38. The monoisotopic (exact) mass is 297 g/mol. The molecule has 6 heteroatoms. The van der Waals surface area contributed by atoms with Gasteiger partial charge in [0.15, 0.2) is 4.60 Å². The van der Waals surface area contributed by atoms with Crippen molar-refractivity contribution in [1.29, 1.82) is 0 Å². The van der Waals surface area contributed by atoms with Crippen LogP contribution in [0.15, 0.2) is 28.9 Å². The number of hydrogen-bond donors (Lipinski definition) is 1. The molecule has 0 bridgehead atoms. The van der Waals surface area contributed by atoms with E-state index in [0.29, 0.717) is 10.3 Å². The van der Waals surface area contributed by atoms with Crippen LogP contribution in [-0.2, 0) is 7.05 Å². The maximum atomic E-state index is 10.2. The van der Waals surface area contributed by atoms with Gasteiger partial charge in [-0.3, -0.25) is 0 Å². The van der Waals surface area contributed by atoms with Crippen LogP contribution in [0.2, 0.25) is 0 Å². The van der Waals surface area contributed by atoms with Gasteiger partial charge in [0, 0.05) is 7.05 Å². The second kappa shape index (κ2) is 4.85. The number of halogens is 1. The standard InChI is InChI=1S/C11H12BrN3O2/c1-15-9(11(12)13-14-15)10(16)7-3-5-8(17-2)6-4-7/h3-6,10,16H,1-2H3. The smallest absolute Gasteiger partial charge is 0.154 e. The van der Waals surface area contributed by atoms with Gasteiger partial charge in [-0.05, 0) is 33.6 Å². The average molecular weight is 298 g/mol. The summed E-state index contributed by atoms with van der Waals surface area (Å²) in [6.07, 6.45) is -0.768. The van der Waals surface area contributed by atoms with Gasteiger partial charge in [-0.2, -0.15) is 0 Å². The zero-order valence-corrected chi connectivity index (χ0v) is 11.0. The molecule has 1 atom stereocenters. The molecule has 90 valence electrons. The Labute approximate surface area is 107 Å². The summed E-state index contributed by atoms with van der Waals surface area (Å²) in [6.45, 7) is 0. The summed E-state index contributed by atoms with van der Waals surface area (Å²) in [4.78, 5) is 0. The molecule has 1 aromatic carbocycles. The van der Waals surface area contributed by atoms with Gasteiger partial charge in [-0.25, -0.2) is 4.68 Å². The van der Waals surface area contributed by atoms with E-state index in [9.17, 15) is 5.11 Å². The van der Waals surface area contributed by atoms with Crippen LogP contribution in [-0.4, -0.2) is 27.2 Å². The lowest BCUT2D eigenvalue weighted by Crippen LogP contribution is -2.07. The van der Waals surface area contributed by atoms with E-state index in [2.05, 4.69) is 26.2 Å². The number of aliphatic hydroxyl groups excluding tert-OH is 1. The number of ether oxygens (including phenoxy) is 1. The molecule has 1 unspecified atom stereocenters. The Morgan fingerprint density at radius 2 is 2.00 bits per heavy atom. The highest BCUT2D eigenvalue weighted by Gasteiger charge is 2.19. The minimum atomic E-state index is -0.768. The van der Waals surface area contributed by atoms with Crippen LogP contribution < -0.4 is 4.74 Å². The molecule has 0 aliphatic rings. The molecular weight excluding hydrogens is 286 g/mol. The Hall–Kier alpha value is -1.40. The van der Waals surface area contributed by atoms with E-state index >= 15 is 0 Å². The van der Waals surface area contributed by atoms with Gasteiger partial charge in [0.2, 0.25) is 0 Å². The van der Waals surface area contributed by atoms with Crippen LogP contribution in [0.3, 0.4) is 0 Å². The van der Waals surface area contributed by atoms with E-state index < -0.39 is 6.10 Å². The maximum Gasteiger partial charge on any atom is 0.154 e. The fraction of sp³-hybridized carbons (Fsp3) is 0.273. The predicted octanol–water partition coefficient (Wildman–Crippen LogP) is 1.67. The summed E-state index contributed by atoms with van der Waals surface area (Å²) in [5, 5.41) is 17.9. The quantitative estimate of drug-likeness (QED) is 0.936. The first-order chi connectivity index (χ1) is 8.13. The highest BCUT2D eigenvalue weighted by Crippen LogP contribution is 2.27. The van der Waals surface area contributed by atoms with E-state index in [0.717, 1.165) is 11.3 Å². The van der Waals surface area contributed by atoms with Crippen LogP contribution >= 0.6 is 15.9 Å². The Morgan fingerprint density at radius 3 is 2.47 bits per heavy atom. The number of nitrogens with zero attached hydrogens (tertiary/aromatic N) is 3. The molecule has 0 saturated carbocycles. The second-order valence-corrected chi connectivity index (χ2v) is 4.32. The molecule has 0 radical (unpaired) electrons. The molecule has 0 aliphatic heterocycles. The number of rotatable bonds is 3. The molecule has 1 heterocycles. The minimum absolute atomic E-state index is 0.545. The number of hydrogen-bond acceptors (Lipinski definition) is 4. The third kappa shape index (κ3) is 2.32. The van der Waals surface area contributed by atoms with Crippen LogP contribution in [0.25, 0.3) is 0 Å². The molecule has 17 heavy (non-hydrogen) atoms. The number of methoxy groups -OCH3 is 1. The Kier molecular flexibility index (Phi) is 3.44. The van der Waals surface area contributed by atoms with E-state index in [4.69, 9.17) is 4.74 Å². The van der Waals surface area contributed by atoms with Crippen molar-refractivity contribution in [2.24, 2.45) is 7.05 Å². The number of aliphatic hydroxyl groups is 1. The highest BCUT2D eigenvalue weighted by molar-refractivity contribution is 9.10. The van der Waals surface area contributed by atoms with Crippen molar-refractivity contribution >= 4 is 15.9 Å². The van der Waals surface area contributed by atoms with Gasteiger partial charge >= 0.3 is 0 Å². The van der Waals surface area contributed by atoms with Crippen LogP contribution in [0, 0.1) is 0 Å². The predicted molar refractivity (Wildman–Crippen MR) is 65.8 cm³/mol. The van der Waals surface area contributed by atoms with Gasteiger partial charge in [0.25, 0.3) is 0 Å². The molecule has 1 aromatic heterocycles. The van der Waals surface area contributed by atoms with Gasteiger partial charge < -0.3 is 9.84 Å². The fourth-order valence-corrected chi connectivity index (χ4v) is 2.12. The molecule has 0 fully saturated rings. The molecule has 1 N–H and O–H groups in total. The summed E-state index contributed by atoms with van der Waals surface area (Å²) >= 11 is 3.26. The first-order valence-corrected chi connectivity index (χ1v) is 5.80. The van der Waals surface area contributed by atoms with E-state index in [-0.39, 0.29) is 0 Å². The van der Waals surface area contributed by atoms with Crippen molar-refractivity contribution in [2.75, 3.05) is 7.11 Å². The topological polar surface area (TPSA) is 60.2 Å². The lowest BCUT2D eigenvalue weighted by Gasteiger charge is -2.11. The number of benzene rings is 1. The largest absolute Gasteiger partial charge is 0.497 e. The highest BCUT2D eigenvalue weighted by atomic mass is 79.9. The Balaban J connectivity index is 2.33. The summed E-state index contributed by atoms with van der Waals surface area (Å²) < 4.78 is 7.15. The van der Waals surface area contributed by atoms with Crippen LogP contribution in [0.4, 0.5) is 0 Å². The third-order valence-corrected chi connectivity index (χ3v) is 3.08. The first kappa shape index (κ1) is 12.1. The normalized spacial score (nSPS) is 12.5. The summed E-state index contributed by atoms with van der Waals surface area (Å²) in [7, 11) is 3.34. The Morgan fingerprint density at radius 1 is 1.35 bits per heavy atom. The molecule has 5 nitrogen and oxygen atoms in total.